The number of aromatic carboxylic acids is 1. The molecule has 15 heteroatoms. The van der Waals surface area contributed by atoms with Crippen molar-refractivity contribution in [2.75, 3.05) is 17.9 Å². The number of carboxylic acids is 1. The summed E-state index contributed by atoms with van der Waals surface area (Å²) in [6.45, 7) is 16.2. The number of nitrogens with one attached hydrogen (secondary N) is 2. The Kier molecular flexibility index (Phi) is 13.5. The quantitative estimate of drug-likeness (QED) is 0.0656. The fourth-order valence-electron chi connectivity index (χ4n) is 8.80. The first-order valence-electron chi connectivity index (χ1n) is 22.6. The molecule has 0 spiro atoms. The number of hydrogen-bond donors (Lipinski definition) is 3. The molecule has 1 aliphatic carbocycles. The zero-order valence-electron chi connectivity index (χ0n) is 39.0. The molecule has 67 heavy (non-hydrogen) atoms. The molecule has 3 heterocycles. The van der Waals surface area contributed by atoms with Crippen LogP contribution in [0.3, 0.4) is 0 Å². The third-order valence-corrected chi connectivity index (χ3v) is 19.0. The van der Waals surface area contributed by atoms with Gasteiger partial charge in [0.05, 0.1) is 28.0 Å². The van der Waals surface area contributed by atoms with E-state index in [1.165, 1.54) is 28.6 Å². The van der Waals surface area contributed by atoms with Crippen LogP contribution >= 0.6 is 0 Å². The topological polar surface area (TPSA) is 179 Å². The third-order valence-electron chi connectivity index (χ3n) is 12.7. The molecule has 1 fully saturated rings. The number of carbonyl (C=O) groups is 1. The molecular formula is C52H58N6O7SSi. The molecule has 7 aromatic rings. The Morgan fingerprint density at radius 2 is 1.52 bits per heavy atom. The van der Waals surface area contributed by atoms with E-state index in [9.17, 15) is 18.3 Å². The Bertz CT molecular complexity index is 2930. The van der Waals surface area contributed by atoms with E-state index >= 15 is 0 Å². The lowest BCUT2D eigenvalue weighted by molar-refractivity contribution is 0.0696. The van der Waals surface area contributed by atoms with Crippen LogP contribution in [0.5, 0.6) is 5.88 Å². The first kappa shape index (κ1) is 47.2. The van der Waals surface area contributed by atoms with Crippen molar-refractivity contribution in [2.45, 2.75) is 96.2 Å². The van der Waals surface area contributed by atoms with Gasteiger partial charge in [-0.3, -0.25) is 0 Å². The SMILES string of the molecule is Cc1cccc(C)c1-c1cc(OC[C@@H](CC2(C)CC2)NCc2cnc3oc(C(C)CO[Si](c4ccccc4)(c4ccccc4)C(C)(C)C)cc3n2)nc(NS(=O)(=O)c2cccc(C(=O)O)c2)n1. The van der Waals surface area contributed by atoms with Gasteiger partial charge < -0.3 is 24.0 Å². The second kappa shape index (κ2) is 19.2. The molecule has 2 atom stereocenters. The van der Waals surface area contributed by atoms with Crippen LogP contribution in [0.1, 0.15) is 92.7 Å². The molecule has 3 N–H and O–H groups in total. The second-order valence-corrected chi connectivity index (χ2v) is 25.1. The van der Waals surface area contributed by atoms with Gasteiger partial charge in [-0.15, -0.1) is 0 Å². The van der Waals surface area contributed by atoms with E-state index in [-0.39, 0.29) is 51.3 Å². The van der Waals surface area contributed by atoms with Crippen LogP contribution < -0.4 is 25.1 Å². The fourth-order valence-corrected chi connectivity index (χ4v) is 14.4. The number of hydrogen-bond acceptors (Lipinski definition) is 11. The molecule has 0 radical (unpaired) electrons. The highest BCUT2D eigenvalue weighted by Gasteiger charge is 2.50. The number of aromatic nitrogens is 4. The second-order valence-electron chi connectivity index (χ2n) is 19.1. The number of rotatable bonds is 19. The number of nitrogens with zero attached hydrogens (tertiary/aromatic N) is 4. The largest absolute Gasteiger partial charge is 0.478 e. The predicted octanol–water partition coefficient (Wildman–Crippen LogP) is 9.20. The highest BCUT2D eigenvalue weighted by Crippen LogP contribution is 2.49. The van der Waals surface area contributed by atoms with Crippen LogP contribution in [0.4, 0.5) is 5.95 Å². The Hall–Kier alpha value is -6.26. The van der Waals surface area contributed by atoms with Gasteiger partial charge in [-0.1, -0.05) is 120 Å². The summed E-state index contributed by atoms with van der Waals surface area (Å²) >= 11 is 0. The molecule has 4 aromatic carbocycles. The van der Waals surface area contributed by atoms with Crippen molar-refractivity contribution in [3.63, 3.8) is 0 Å². The normalized spacial score (nSPS) is 14.7. The van der Waals surface area contributed by atoms with E-state index in [1.807, 2.05) is 50.2 Å². The van der Waals surface area contributed by atoms with Crippen molar-refractivity contribution in [3.05, 3.63) is 150 Å². The molecule has 0 saturated heterocycles. The van der Waals surface area contributed by atoms with Gasteiger partial charge in [0.2, 0.25) is 17.5 Å². The summed E-state index contributed by atoms with van der Waals surface area (Å²) in [6, 6.07) is 35.7. The summed E-state index contributed by atoms with van der Waals surface area (Å²) in [5.41, 5.74) is 5.04. The number of anilines is 1. The molecule has 0 bridgehead atoms. The Balaban J connectivity index is 0.995. The lowest BCUT2D eigenvalue weighted by atomic mass is 9.99. The molecule has 13 nitrogen and oxygen atoms in total. The van der Waals surface area contributed by atoms with Gasteiger partial charge in [-0.25, -0.2) is 32.9 Å². The molecule has 1 unspecified atom stereocenters. The van der Waals surface area contributed by atoms with Crippen molar-refractivity contribution < 1.29 is 31.9 Å². The fraction of sp³-hybridized carbons (Fsp3) is 0.327. The molecular weight excluding hydrogens is 881 g/mol. The van der Waals surface area contributed by atoms with Crippen LogP contribution in [0.15, 0.2) is 131 Å². The van der Waals surface area contributed by atoms with Gasteiger partial charge in [0.1, 0.15) is 17.9 Å². The van der Waals surface area contributed by atoms with Gasteiger partial charge >= 0.3 is 5.97 Å². The smallest absolute Gasteiger partial charge is 0.335 e. The number of sulfonamides is 1. The van der Waals surface area contributed by atoms with Gasteiger partial charge in [-0.05, 0) is 83.3 Å². The average Bonchev–Trinajstić information content (AvgIpc) is 3.87. The van der Waals surface area contributed by atoms with Gasteiger partial charge in [-0.2, -0.15) is 4.98 Å². The zero-order chi connectivity index (χ0) is 47.6. The van der Waals surface area contributed by atoms with Crippen LogP contribution in [-0.4, -0.2) is 67.0 Å². The van der Waals surface area contributed by atoms with Gasteiger partial charge in [0, 0.05) is 42.8 Å². The standard InChI is InChI=1S/C52H58N6O7SSi/c1-34-16-14-17-35(2)47(34)43-28-46(57-50(56-43)58-66(61,62)40-19-15-18-37(26-40)49(59)60)63-33-38(29-52(7)24-25-52)53-30-39-31-54-48-44(55-39)27-45(65-48)36(3)32-64-67(51(4,5)6,41-20-10-8-11-21-41)42-22-12-9-13-23-42/h8-23,26-28,31,36,38,53H,24-25,29-30,32-33H2,1-7H3,(H,59,60)(H,56,57,58)/t36?,38-/m1/s1. The molecule has 1 aliphatic rings. The first-order valence-corrected chi connectivity index (χ1v) is 26.0. The number of carboxylic acid groups (broad SMARTS) is 1. The molecule has 0 amide bonds. The van der Waals surface area contributed by atoms with E-state index in [4.69, 9.17) is 18.6 Å². The van der Waals surface area contributed by atoms with E-state index in [0.29, 0.717) is 30.1 Å². The van der Waals surface area contributed by atoms with E-state index in [0.717, 1.165) is 53.5 Å². The highest BCUT2D eigenvalue weighted by atomic mass is 32.2. The van der Waals surface area contributed by atoms with Crippen molar-refractivity contribution >= 4 is 51.9 Å². The van der Waals surface area contributed by atoms with E-state index in [1.54, 1.807) is 12.3 Å². The molecule has 348 valence electrons. The molecule has 0 aliphatic heterocycles. The van der Waals surface area contributed by atoms with Crippen molar-refractivity contribution in [1.29, 1.82) is 0 Å². The van der Waals surface area contributed by atoms with Crippen molar-refractivity contribution in [3.8, 4) is 17.1 Å². The van der Waals surface area contributed by atoms with Crippen LogP contribution in [-0.2, 0) is 21.0 Å². The molecule has 3 aromatic heterocycles. The third kappa shape index (κ3) is 10.7. The number of benzene rings is 4. The Morgan fingerprint density at radius 1 is 0.866 bits per heavy atom. The summed E-state index contributed by atoms with van der Waals surface area (Å²) in [4.78, 5) is 30.2. The average molecular weight is 939 g/mol. The van der Waals surface area contributed by atoms with Gasteiger partial charge in [0.15, 0.2) is 0 Å². The number of aryl methyl sites for hydroxylation is 2. The first-order chi connectivity index (χ1) is 31.9. The van der Waals surface area contributed by atoms with Crippen LogP contribution in [0.2, 0.25) is 5.04 Å². The molecule has 1 saturated carbocycles. The zero-order valence-corrected chi connectivity index (χ0v) is 40.9. The van der Waals surface area contributed by atoms with Crippen molar-refractivity contribution in [2.24, 2.45) is 5.41 Å². The lowest BCUT2D eigenvalue weighted by Gasteiger charge is -2.43. The van der Waals surface area contributed by atoms with E-state index < -0.39 is 24.3 Å². The Morgan fingerprint density at radius 3 is 2.15 bits per heavy atom. The van der Waals surface area contributed by atoms with Crippen molar-refractivity contribution in [1.82, 2.24) is 25.3 Å². The maximum absolute atomic E-state index is 13.6. The Labute approximate surface area is 393 Å². The highest BCUT2D eigenvalue weighted by molar-refractivity contribution is 7.92. The minimum atomic E-state index is -4.28. The maximum atomic E-state index is 13.6. The summed E-state index contributed by atoms with van der Waals surface area (Å²) in [5, 5.41) is 15.4. The van der Waals surface area contributed by atoms with Crippen LogP contribution in [0.25, 0.3) is 22.5 Å². The summed E-state index contributed by atoms with van der Waals surface area (Å²) in [6.07, 6.45) is 4.77. The van der Waals surface area contributed by atoms with Gasteiger partial charge in [0.25, 0.3) is 18.3 Å². The summed E-state index contributed by atoms with van der Waals surface area (Å²) < 4.78 is 49.6. The lowest BCUT2D eigenvalue weighted by Crippen LogP contribution is -2.66. The number of furan rings is 1. The number of ether oxygens (including phenoxy) is 1. The van der Waals surface area contributed by atoms with Crippen LogP contribution in [0, 0.1) is 19.3 Å². The molecule has 8 rings (SSSR count). The number of fused-ring (bicyclic) bond motifs is 1. The minimum Gasteiger partial charge on any atom is -0.478 e. The maximum Gasteiger partial charge on any atom is 0.335 e. The summed E-state index contributed by atoms with van der Waals surface area (Å²) in [5.74, 6) is -0.590. The monoisotopic (exact) mass is 938 g/mol. The van der Waals surface area contributed by atoms with E-state index in [2.05, 4.69) is 108 Å². The summed E-state index contributed by atoms with van der Waals surface area (Å²) in [7, 11) is -7.03. The minimum absolute atomic E-state index is 0.0731. The predicted molar refractivity (Wildman–Crippen MR) is 263 cm³/mol.